The molecule has 36 heavy (non-hydrogen) atoms. The van der Waals surface area contributed by atoms with E-state index in [0.717, 1.165) is 18.4 Å². The van der Waals surface area contributed by atoms with Crippen LogP contribution in [-0.2, 0) is 21.4 Å². The molecule has 3 aliphatic rings. The van der Waals surface area contributed by atoms with Crippen LogP contribution in [0.3, 0.4) is 0 Å². The van der Waals surface area contributed by atoms with Gasteiger partial charge in [-0.3, -0.25) is 4.79 Å². The predicted octanol–water partition coefficient (Wildman–Crippen LogP) is 4.23. The molecule has 1 saturated heterocycles. The average molecular weight is 513 g/mol. The molecular weight excluding hydrogens is 476 g/mol. The van der Waals surface area contributed by atoms with E-state index < -0.39 is 10.0 Å². The van der Waals surface area contributed by atoms with Crippen molar-refractivity contribution in [2.45, 2.75) is 57.6 Å². The van der Waals surface area contributed by atoms with Crippen molar-refractivity contribution < 1.29 is 22.7 Å². The summed E-state index contributed by atoms with van der Waals surface area (Å²) in [7, 11) is -3.88. The first-order valence-electron chi connectivity index (χ1n) is 12.8. The SMILES string of the molecule is CC1(C)C(NC(=O)c2ccc(OCc3ccccc3)c(S(=O)(=O)N3CCOCC3)c2)[C@]2(C)CC[C@@H]1C2. The lowest BCUT2D eigenvalue weighted by Crippen LogP contribution is -2.52. The maximum absolute atomic E-state index is 13.7. The molecule has 1 heterocycles. The molecule has 2 saturated carbocycles. The number of nitrogens with one attached hydrogen (secondary N) is 1. The van der Waals surface area contributed by atoms with Crippen LogP contribution < -0.4 is 10.1 Å². The monoisotopic (exact) mass is 512 g/mol. The highest BCUT2D eigenvalue weighted by atomic mass is 32.2. The summed E-state index contributed by atoms with van der Waals surface area (Å²) in [5.74, 6) is 0.600. The van der Waals surface area contributed by atoms with E-state index in [2.05, 4.69) is 26.1 Å². The Labute approximate surface area is 214 Å². The normalized spacial score (nSPS) is 27.6. The first-order chi connectivity index (χ1) is 17.1. The summed E-state index contributed by atoms with van der Waals surface area (Å²) in [5.41, 5.74) is 1.34. The Hall–Kier alpha value is -2.42. The Morgan fingerprint density at radius 1 is 1.11 bits per heavy atom. The highest BCUT2D eigenvalue weighted by Crippen LogP contribution is 2.62. The van der Waals surface area contributed by atoms with E-state index in [1.807, 2.05) is 30.3 Å². The number of morpholine rings is 1. The molecule has 3 atom stereocenters. The van der Waals surface area contributed by atoms with E-state index in [9.17, 15) is 13.2 Å². The van der Waals surface area contributed by atoms with Crippen LogP contribution in [0.5, 0.6) is 5.75 Å². The van der Waals surface area contributed by atoms with Gasteiger partial charge in [-0.15, -0.1) is 0 Å². The van der Waals surface area contributed by atoms with Crippen LogP contribution >= 0.6 is 0 Å². The molecule has 5 rings (SSSR count). The standard InChI is InChI=1S/C28H36N2O5S/c1-27(2)22-11-12-28(3,18-22)26(27)29-25(31)21-9-10-23(35-19-20-7-5-4-6-8-20)24(17-21)36(32,33)30-13-15-34-16-14-30/h4-10,17,22,26H,11-16,18-19H2,1-3H3,(H,29,31)/t22-,26?,28-/m1/s1. The highest BCUT2D eigenvalue weighted by Gasteiger charge is 2.59. The lowest BCUT2D eigenvalue weighted by molar-refractivity contribution is 0.0727. The van der Waals surface area contributed by atoms with Gasteiger partial charge < -0.3 is 14.8 Å². The maximum atomic E-state index is 13.7. The van der Waals surface area contributed by atoms with Gasteiger partial charge in [0, 0.05) is 24.7 Å². The number of hydrogen-bond donors (Lipinski definition) is 1. The van der Waals surface area contributed by atoms with Gasteiger partial charge in [-0.1, -0.05) is 51.1 Å². The number of carbonyl (C=O) groups excluding carboxylic acids is 1. The largest absolute Gasteiger partial charge is 0.487 e. The number of benzene rings is 2. The second kappa shape index (κ2) is 9.47. The Morgan fingerprint density at radius 3 is 2.50 bits per heavy atom. The van der Waals surface area contributed by atoms with Gasteiger partial charge in [0.25, 0.3) is 5.91 Å². The van der Waals surface area contributed by atoms with Crippen LogP contribution in [0.2, 0.25) is 0 Å². The lowest BCUT2D eigenvalue weighted by atomic mass is 9.68. The van der Waals surface area contributed by atoms with Gasteiger partial charge in [-0.2, -0.15) is 4.31 Å². The molecule has 0 radical (unpaired) electrons. The highest BCUT2D eigenvalue weighted by molar-refractivity contribution is 7.89. The summed E-state index contributed by atoms with van der Waals surface area (Å²) >= 11 is 0. The van der Waals surface area contributed by atoms with Crippen molar-refractivity contribution in [2.75, 3.05) is 26.3 Å². The van der Waals surface area contributed by atoms with Crippen LogP contribution in [0.1, 0.15) is 56.0 Å². The van der Waals surface area contributed by atoms with Crippen molar-refractivity contribution in [3.63, 3.8) is 0 Å². The second-order valence-corrected chi connectivity index (χ2v) is 13.2. The molecule has 1 aliphatic heterocycles. The third-order valence-electron chi connectivity index (χ3n) is 8.58. The maximum Gasteiger partial charge on any atom is 0.251 e. The minimum atomic E-state index is -3.88. The average Bonchev–Trinajstić information content (AvgIpc) is 3.37. The molecule has 3 fully saturated rings. The van der Waals surface area contributed by atoms with Gasteiger partial charge in [0.15, 0.2) is 0 Å². The molecule has 2 bridgehead atoms. The van der Waals surface area contributed by atoms with E-state index >= 15 is 0 Å². The fraction of sp³-hybridized carbons (Fsp3) is 0.536. The van der Waals surface area contributed by atoms with Crippen molar-refractivity contribution in [2.24, 2.45) is 16.7 Å². The molecule has 194 valence electrons. The van der Waals surface area contributed by atoms with Crippen LogP contribution in [0.4, 0.5) is 0 Å². The molecule has 8 heteroatoms. The van der Waals surface area contributed by atoms with E-state index in [0.29, 0.717) is 24.7 Å². The fourth-order valence-corrected chi connectivity index (χ4v) is 8.07. The third-order valence-corrected chi connectivity index (χ3v) is 10.5. The van der Waals surface area contributed by atoms with Gasteiger partial charge in [0.2, 0.25) is 10.0 Å². The zero-order valence-electron chi connectivity index (χ0n) is 21.3. The fourth-order valence-electron chi connectivity index (χ4n) is 6.51. The molecule has 2 aliphatic carbocycles. The summed E-state index contributed by atoms with van der Waals surface area (Å²) < 4.78 is 40.1. The van der Waals surface area contributed by atoms with Crippen LogP contribution in [0, 0.1) is 16.7 Å². The summed E-state index contributed by atoms with van der Waals surface area (Å²) in [6, 6.07) is 14.4. The zero-order chi connectivity index (χ0) is 25.6. The lowest BCUT2D eigenvalue weighted by Gasteiger charge is -2.43. The zero-order valence-corrected chi connectivity index (χ0v) is 22.1. The second-order valence-electron chi connectivity index (χ2n) is 11.3. The first kappa shape index (κ1) is 25.2. The predicted molar refractivity (Wildman–Crippen MR) is 137 cm³/mol. The van der Waals surface area contributed by atoms with Gasteiger partial charge >= 0.3 is 0 Å². The number of hydrogen-bond acceptors (Lipinski definition) is 5. The number of sulfonamides is 1. The van der Waals surface area contributed by atoms with Gasteiger partial charge in [-0.05, 0) is 59.8 Å². The number of fused-ring (bicyclic) bond motifs is 2. The molecule has 2 aromatic carbocycles. The Bertz CT molecular complexity index is 1220. The summed E-state index contributed by atoms with van der Waals surface area (Å²) in [4.78, 5) is 13.5. The Kier molecular flexibility index (Phi) is 6.64. The van der Waals surface area contributed by atoms with E-state index in [1.54, 1.807) is 12.1 Å². The van der Waals surface area contributed by atoms with Crippen LogP contribution in [0.15, 0.2) is 53.4 Å². The summed E-state index contributed by atoms with van der Waals surface area (Å²) in [5, 5.41) is 3.28. The van der Waals surface area contributed by atoms with Crippen molar-refractivity contribution >= 4 is 15.9 Å². The summed E-state index contributed by atoms with van der Waals surface area (Å²) in [6.07, 6.45) is 3.42. The van der Waals surface area contributed by atoms with Gasteiger partial charge in [-0.25, -0.2) is 8.42 Å². The molecule has 1 amide bonds. The smallest absolute Gasteiger partial charge is 0.251 e. The molecule has 1 N–H and O–H groups in total. The molecule has 7 nitrogen and oxygen atoms in total. The number of amides is 1. The molecule has 1 unspecified atom stereocenters. The molecule has 2 aromatic rings. The quantitative estimate of drug-likeness (QED) is 0.600. The van der Waals surface area contributed by atoms with E-state index in [1.165, 1.54) is 16.8 Å². The number of rotatable bonds is 7. The number of ether oxygens (including phenoxy) is 2. The minimum absolute atomic E-state index is 0.00407. The minimum Gasteiger partial charge on any atom is -0.487 e. The first-order valence-corrected chi connectivity index (χ1v) is 14.2. The van der Waals surface area contributed by atoms with Crippen molar-refractivity contribution in [3.8, 4) is 5.75 Å². The summed E-state index contributed by atoms with van der Waals surface area (Å²) in [6.45, 7) is 8.20. The van der Waals surface area contributed by atoms with E-state index in [-0.39, 0.29) is 53.1 Å². The topological polar surface area (TPSA) is 84.9 Å². The van der Waals surface area contributed by atoms with Crippen molar-refractivity contribution in [1.29, 1.82) is 0 Å². The van der Waals surface area contributed by atoms with E-state index in [4.69, 9.17) is 9.47 Å². The van der Waals surface area contributed by atoms with Crippen LogP contribution in [-0.4, -0.2) is 51.0 Å². The van der Waals surface area contributed by atoms with Crippen molar-refractivity contribution in [1.82, 2.24) is 9.62 Å². The van der Waals surface area contributed by atoms with Gasteiger partial charge in [0.1, 0.15) is 17.3 Å². The molecule has 0 spiro atoms. The van der Waals surface area contributed by atoms with Crippen molar-refractivity contribution in [3.05, 3.63) is 59.7 Å². The van der Waals surface area contributed by atoms with Gasteiger partial charge in [0.05, 0.1) is 13.2 Å². The number of carbonyl (C=O) groups is 1. The Morgan fingerprint density at radius 2 is 1.83 bits per heavy atom. The number of nitrogens with zero attached hydrogens (tertiary/aromatic N) is 1. The molecular formula is C28H36N2O5S. The molecule has 0 aromatic heterocycles. The van der Waals surface area contributed by atoms with Crippen LogP contribution in [0.25, 0.3) is 0 Å². The third kappa shape index (κ3) is 4.55. The Balaban J connectivity index is 1.44.